The van der Waals surface area contributed by atoms with Crippen molar-refractivity contribution in [1.82, 2.24) is 4.90 Å². The molecule has 0 aliphatic carbocycles. The van der Waals surface area contributed by atoms with E-state index in [0.29, 0.717) is 11.1 Å². The van der Waals surface area contributed by atoms with Crippen molar-refractivity contribution in [2.24, 2.45) is 0 Å². The van der Waals surface area contributed by atoms with Gasteiger partial charge in [0.25, 0.3) is 11.8 Å². The van der Waals surface area contributed by atoms with Gasteiger partial charge in [-0.05, 0) is 75.2 Å². The Labute approximate surface area is 174 Å². The van der Waals surface area contributed by atoms with Crippen molar-refractivity contribution in [1.29, 1.82) is 0 Å². The number of rotatable bonds is 9. The van der Waals surface area contributed by atoms with Crippen LogP contribution in [0.25, 0.3) is 0 Å². The Hall–Kier alpha value is -2.82. The van der Waals surface area contributed by atoms with Crippen molar-refractivity contribution in [3.05, 3.63) is 59.2 Å². The average Bonchev–Trinajstić information content (AvgIpc) is 2.74. The van der Waals surface area contributed by atoms with Gasteiger partial charge in [-0.25, -0.2) is 0 Å². The first-order valence-corrected chi connectivity index (χ1v) is 10.4. The summed E-state index contributed by atoms with van der Waals surface area (Å²) in [5, 5.41) is 2.98. The van der Waals surface area contributed by atoms with Gasteiger partial charge in [0.1, 0.15) is 0 Å². The van der Waals surface area contributed by atoms with Gasteiger partial charge in [-0.3, -0.25) is 9.59 Å². The number of nitrogens with zero attached hydrogens (tertiary/aromatic N) is 2. The molecule has 5 heteroatoms. The zero-order valence-electron chi connectivity index (χ0n) is 18.3. The summed E-state index contributed by atoms with van der Waals surface area (Å²) in [6, 6.07) is 12.9. The number of amides is 2. The van der Waals surface area contributed by atoms with Gasteiger partial charge < -0.3 is 15.1 Å². The molecule has 0 spiro atoms. The number of carbonyl (C=O) groups is 2. The van der Waals surface area contributed by atoms with Crippen molar-refractivity contribution in [2.75, 3.05) is 36.9 Å². The van der Waals surface area contributed by atoms with E-state index in [4.69, 9.17) is 0 Å². The fourth-order valence-corrected chi connectivity index (χ4v) is 3.25. The highest BCUT2D eigenvalue weighted by Crippen LogP contribution is 2.23. The van der Waals surface area contributed by atoms with Gasteiger partial charge in [-0.15, -0.1) is 0 Å². The molecule has 0 saturated carbocycles. The first kappa shape index (κ1) is 22.5. The summed E-state index contributed by atoms with van der Waals surface area (Å²) in [5.41, 5.74) is 4.10. The van der Waals surface area contributed by atoms with E-state index in [2.05, 4.69) is 37.1 Å². The van der Waals surface area contributed by atoms with Crippen LogP contribution in [0.4, 0.5) is 11.4 Å². The molecule has 0 bridgehead atoms. The lowest BCUT2D eigenvalue weighted by Crippen LogP contribution is -2.27. The fraction of sp³-hybridized carbons (Fsp3) is 0.417. The second-order valence-electron chi connectivity index (χ2n) is 7.28. The number of anilines is 2. The molecule has 2 aromatic carbocycles. The smallest absolute Gasteiger partial charge is 0.255 e. The Morgan fingerprint density at radius 3 is 2.10 bits per heavy atom. The van der Waals surface area contributed by atoms with Crippen LogP contribution in [0.1, 0.15) is 59.9 Å². The quantitative estimate of drug-likeness (QED) is 0.652. The van der Waals surface area contributed by atoms with Gasteiger partial charge in [0.05, 0.1) is 0 Å². The lowest BCUT2D eigenvalue weighted by atomic mass is 10.1. The minimum absolute atomic E-state index is 0.0201. The molecular formula is C24H33N3O2. The number of carbonyl (C=O) groups excluding carboxylic acids is 2. The van der Waals surface area contributed by atoms with Gasteiger partial charge in [0.15, 0.2) is 0 Å². The molecule has 2 rings (SSSR count). The maximum atomic E-state index is 12.6. The number of benzene rings is 2. The topological polar surface area (TPSA) is 52.7 Å². The molecule has 0 radical (unpaired) electrons. The highest BCUT2D eigenvalue weighted by molar-refractivity contribution is 6.05. The van der Waals surface area contributed by atoms with Gasteiger partial charge >= 0.3 is 0 Å². The van der Waals surface area contributed by atoms with Crippen LogP contribution in [-0.2, 0) is 0 Å². The predicted octanol–water partition coefficient (Wildman–Crippen LogP) is 4.97. The SMILES string of the molecule is CCCCN(C)C(=O)c1ccc(C(=O)Nc2ccc(N(CC)CC)cc2C)cc1. The van der Waals surface area contributed by atoms with Crippen LogP contribution in [0.2, 0.25) is 0 Å². The maximum Gasteiger partial charge on any atom is 0.255 e. The van der Waals surface area contributed by atoms with Gasteiger partial charge in [0, 0.05) is 49.2 Å². The fourth-order valence-electron chi connectivity index (χ4n) is 3.25. The van der Waals surface area contributed by atoms with Crippen LogP contribution in [0.5, 0.6) is 0 Å². The monoisotopic (exact) mass is 395 g/mol. The Kier molecular flexibility index (Phi) is 8.25. The van der Waals surface area contributed by atoms with E-state index in [-0.39, 0.29) is 11.8 Å². The van der Waals surface area contributed by atoms with E-state index >= 15 is 0 Å². The number of hydrogen-bond donors (Lipinski definition) is 1. The van der Waals surface area contributed by atoms with Crippen LogP contribution < -0.4 is 10.2 Å². The van der Waals surface area contributed by atoms with E-state index < -0.39 is 0 Å². The summed E-state index contributed by atoms with van der Waals surface area (Å²) in [6.45, 7) is 11.0. The first-order valence-electron chi connectivity index (χ1n) is 10.4. The third-order valence-corrected chi connectivity index (χ3v) is 5.17. The molecule has 2 amide bonds. The van der Waals surface area contributed by atoms with E-state index in [1.807, 2.05) is 26.1 Å². The molecule has 2 aromatic rings. The minimum atomic E-state index is -0.179. The van der Waals surface area contributed by atoms with Crippen molar-refractivity contribution < 1.29 is 9.59 Å². The van der Waals surface area contributed by atoms with Gasteiger partial charge in [-0.2, -0.15) is 0 Å². The highest BCUT2D eigenvalue weighted by atomic mass is 16.2. The van der Waals surface area contributed by atoms with Crippen LogP contribution in [0.15, 0.2) is 42.5 Å². The largest absolute Gasteiger partial charge is 0.372 e. The predicted molar refractivity (Wildman–Crippen MR) is 121 cm³/mol. The second-order valence-corrected chi connectivity index (χ2v) is 7.28. The molecule has 0 aliphatic rings. The van der Waals surface area contributed by atoms with Gasteiger partial charge in [0.2, 0.25) is 0 Å². The number of hydrogen-bond acceptors (Lipinski definition) is 3. The molecule has 0 fully saturated rings. The van der Waals surface area contributed by atoms with Crippen LogP contribution in [0, 0.1) is 6.92 Å². The molecule has 1 N–H and O–H groups in total. The minimum Gasteiger partial charge on any atom is -0.372 e. The third kappa shape index (κ3) is 5.83. The normalized spacial score (nSPS) is 10.5. The lowest BCUT2D eigenvalue weighted by molar-refractivity contribution is 0.0792. The summed E-state index contributed by atoms with van der Waals surface area (Å²) in [7, 11) is 1.81. The molecular weight excluding hydrogens is 362 g/mol. The molecule has 0 heterocycles. The van der Waals surface area contributed by atoms with Crippen LogP contribution in [-0.4, -0.2) is 43.4 Å². The number of unbranched alkanes of at least 4 members (excludes halogenated alkanes) is 1. The van der Waals surface area contributed by atoms with Crippen molar-refractivity contribution in [2.45, 2.75) is 40.5 Å². The third-order valence-electron chi connectivity index (χ3n) is 5.17. The van der Waals surface area contributed by atoms with Crippen molar-refractivity contribution >= 4 is 23.2 Å². The van der Waals surface area contributed by atoms with Crippen LogP contribution in [0.3, 0.4) is 0 Å². The molecule has 156 valence electrons. The van der Waals surface area contributed by atoms with Crippen molar-refractivity contribution in [3.8, 4) is 0 Å². The molecule has 0 saturated heterocycles. The van der Waals surface area contributed by atoms with E-state index in [9.17, 15) is 9.59 Å². The Balaban J connectivity index is 2.07. The molecule has 29 heavy (non-hydrogen) atoms. The Morgan fingerprint density at radius 1 is 0.931 bits per heavy atom. The zero-order chi connectivity index (χ0) is 21.4. The molecule has 0 aromatic heterocycles. The van der Waals surface area contributed by atoms with E-state index in [0.717, 1.165) is 49.4 Å². The highest BCUT2D eigenvalue weighted by Gasteiger charge is 2.13. The van der Waals surface area contributed by atoms with Gasteiger partial charge in [-0.1, -0.05) is 13.3 Å². The molecule has 0 atom stereocenters. The summed E-state index contributed by atoms with van der Waals surface area (Å²) < 4.78 is 0. The molecule has 0 unspecified atom stereocenters. The number of aryl methyl sites for hydroxylation is 1. The summed E-state index contributed by atoms with van der Waals surface area (Å²) in [6.07, 6.45) is 2.03. The zero-order valence-corrected chi connectivity index (χ0v) is 18.3. The maximum absolute atomic E-state index is 12.6. The number of nitrogens with one attached hydrogen (secondary N) is 1. The molecule has 5 nitrogen and oxygen atoms in total. The van der Waals surface area contributed by atoms with Crippen molar-refractivity contribution in [3.63, 3.8) is 0 Å². The lowest BCUT2D eigenvalue weighted by Gasteiger charge is -2.22. The average molecular weight is 396 g/mol. The summed E-state index contributed by atoms with van der Waals surface area (Å²) in [4.78, 5) is 29.1. The van der Waals surface area contributed by atoms with E-state index in [1.54, 1.807) is 29.2 Å². The first-order chi connectivity index (χ1) is 13.9. The second kappa shape index (κ2) is 10.6. The molecule has 0 aliphatic heterocycles. The summed E-state index contributed by atoms with van der Waals surface area (Å²) >= 11 is 0. The summed E-state index contributed by atoms with van der Waals surface area (Å²) in [5.74, 6) is -0.199. The standard InChI is InChI=1S/C24H33N3O2/c1-6-9-16-26(5)24(29)20-12-10-19(11-13-20)23(28)25-22-15-14-21(17-18(22)4)27(7-2)8-3/h10-15,17H,6-9,16H2,1-5H3,(H,25,28). The van der Waals surface area contributed by atoms with E-state index in [1.165, 1.54) is 0 Å². The van der Waals surface area contributed by atoms with Crippen LogP contribution >= 0.6 is 0 Å². The Bertz CT molecular complexity index is 827. The Morgan fingerprint density at radius 2 is 1.55 bits per heavy atom.